The van der Waals surface area contributed by atoms with Crippen LogP contribution in [0.15, 0.2) is 99.8 Å². The smallest absolute Gasteiger partial charge is 0.300 e. The molecule has 0 saturated carbocycles. The third-order valence-electron chi connectivity index (χ3n) is 6.45. The van der Waals surface area contributed by atoms with Gasteiger partial charge in [-0.25, -0.2) is 0 Å². The van der Waals surface area contributed by atoms with Crippen LogP contribution in [0.5, 0.6) is 0 Å². The predicted octanol–water partition coefficient (Wildman–Crippen LogP) is 8.64. The van der Waals surface area contributed by atoms with Crippen molar-refractivity contribution in [2.24, 2.45) is 0 Å². The predicted molar refractivity (Wildman–Crippen MR) is 133 cm³/mol. The molecule has 8 rings (SSSR count). The highest BCUT2D eigenvalue weighted by atomic mass is 32.1. The van der Waals surface area contributed by atoms with Crippen LogP contribution in [0.4, 0.5) is 0 Å². The minimum Gasteiger partial charge on any atom is -0.425 e. The molecule has 150 valence electrons. The molecule has 4 aromatic carbocycles. The Morgan fingerprint density at radius 3 is 2.28 bits per heavy atom. The third kappa shape index (κ3) is 2.00. The van der Waals surface area contributed by atoms with Crippen molar-refractivity contribution in [2.75, 3.05) is 0 Å². The summed E-state index contributed by atoms with van der Waals surface area (Å²) in [5.74, 6) is 0.581. The summed E-state index contributed by atoms with van der Waals surface area (Å²) in [5.41, 5.74) is 3.90. The fraction of sp³-hybridized carbons (Fsp3) is 0. The van der Waals surface area contributed by atoms with Crippen LogP contribution in [0.2, 0.25) is 0 Å². The molecule has 0 fully saturated rings. The summed E-state index contributed by atoms with van der Waals surface area (Å²) in [6.07, 6.45) is 0. The van der Waals surface area contributed by atoms with Crippen molar-refractivity contribution >= 4 is 75.6 Å². The second-order valence-electron chi connectivity index (χ2n) is 8.17. The maximum Gasteiger partial charge on any atom is 0.300 e. The molecular formula is C28H15NO2S. The maximum atomic E-state index is 6.39. The van der Waals surface area contributed by atoms with Gasteiger partial charge in [0.15, 0.2) is 0 Å². The molecule has 32 heavy (non-hydrogen) atoms. The van der Waals surface area contributed by atoms with Crippen LogP contribution in [0.25, 0.3) is 70.0 Å². The Morgan fingerprint density at radius 1 is 0.594 bits per heavy atom. The molecule has 0 N–H and O–H groups in total. The highest BCUT2D eigenvalue weighted by molar-refractivity contribution is 7.25. The first-order valence-electron chi connectivity index (χ1n) is 10.6. The molecule has 0 amide bonds. The van der Waals surface area contributed by atoms with Crippen molar-refractivity contribution in [3.63, 3.8) is 0 Å². The molecule has 4 heterocycles. The van der Waals surface area contributed by atoms with E-state index < -0.39 is 0 Å². The summed E-state index contributed by atoms with van der Waals surface area (Å²) in [6, 6.07) is 31.9. The van der Waals surface area contributed by atoms with Crippen molar-refractivity contribution in [3.8, 4) is 5.69 Å². The highest BCUT2D eigenvalue weighted by Gasteiger charge is 2.23. The minimum absolute atomic E-state index is 0.581. The van der Waals surface area contributed by atoms with Gasteiger partial charge in [-0.05, 0) is 36.4 Å². The molecule has 0 unspecified atom stereocenters. The zero-order chi connectivity index (χ0) is 20.8. The average Bonchev–Trinajstić information content (AvgIpc) is 3.55. The quantitative estimate of drug-likeness (QED) is 0.261. The summed E-state index contributed by atoms with van der Waals surface area (Å²) in [5, 5.41) is 6.98. The van der Waals surface area contributed by atoms with E-state index in [2.05, 4.69) is 77.4 Å². The SMILES string of the molecule is c1ccc2c(c1)oc1oc3c(c4ccccc4n3-c3ccc4sc5ccccc5c4c3)c12. The van der Waals surface area contributed by atoms with Crippen LogP contribution >= 0.6 is 11.3 Å². The van der Waals surface area contributed by atoms with E-state index in [0.717, 1.165) is 38.7 Å². The monoisotopic (exact) mass is 429 g/mol. The van der Waals surface area contributed by atoms with Gasteiger partial charge in [0.25, 0.3) is 0 Å². The van der Waals surface area contributed by atoms with Crippen molar-refractivity contribution in [2.45, 2.75) is 0 Å². The zero-order valence-electron chi connectivity index (χ0n) is 16.8. The Balaban J connectivity index is 1.54. The molecule has 0 spiro atoms. The van der Waals surface area contributed by atoms with Gasteiger partial charge >= 0.3 is 5.78 Å². The highest BCUT2D eigenvalue weighted by Crippen LogP contribution is 2.44. The van der Waals surface area contributed by atoms with Crippen LogP contribution in [0.1, 0.15) is 0 Å². The summed E-state index contributed by atoms with van der Waals surface area (Å²) in [7, 11) is 0. The topological polar surface area (TPSA) is 31.2 Å². The molecule has 0 aliphatic carbocycles. The van der Waals surface area contributed by atoms with E-state index in [-0.39, 0.29) is 0 Å². The van der Waals surface area contributed by atoms with E-state index in [9.17, 15) is 0 Å². The number of thiophene rings is 1. The third-order valence-corrected chi connectivity index (χ3v) is 7.60. The van der Waals surface area contributed by atoms with E-state index in [0.29, 0.717) is 5.78 Å². The van der Waals surface area contributed by atoms with Crippen LogP contribution < -0.4 is 0 Å². The summed E-state index contributed by atoms with van der Waals surface area (Å²) in [6.45, 7) is 0. The summed E-state index contributed by atoms with van der Waals surface area (Å²) < 4.78 is 17.3. The van der Waals surface area contributed by atoms with E-state index in [1.165, 1.54) is 25.6 Å². The number of nitrogens with zero attached hydrogens (tertiary/aromatic N) is 1. The van der Waals surface area contributed by atoms with Gasteiger partial charge in [0.05, 0.1) is 16.3 Å². The second-order valence-corrected chi connectivity index (χ2v) is 9.26. The van der Waals surface area contributed by atoms with E-state index in [4.69, 9.17) is 8.83 Å². The number of aromatic nitrogens is 1. The molecule has 4 aromatic heterocycles. The van der Waals surface area contributed by atoms with Crippen LogP contribution in [-0.2, 0) is 0 Å². The normalized spacial score (nSPS) is 12.4. The number of hydrogen-bond acceptors (Lipinski definition) is 3. The van der Waals surface area contributed by atoms with Crippen LogP contribution in [0.3, 0.4) is 0 Å². The Kier molecular flexibility index (Phi) is 3.02. The van der Waals surface area contributed by atoms with Gasteiger partial charge in [-0.3, -0.25) is 4.57 Å². The molecule has 0 saturated heterocycles. The van der Waals surface area contributed by atoms with Gasteiger partial charge in [-0.1, -0.05) is 54.6 Å². The standard InChI is InChI=1S/C28H15NO2S/c1-4-10-21-18(8-1)25-26-19-9-2-5-11-22(19)30-28(26)31-27(25)29(21)16-13-14-24-20(15-16)17-7-3-6-12-23(17)32-24/h1-15H. The minimum atomic E-state index is 0.581. The van der Waals surface area contributed by atoms with Gasteiger partial charge in [0.1, 0.15) is 5.58 Å². The molecular weight excluding hydrogens is 414 g/mol. The molecule has 0 aliphatic rings. The lowest BCUT2D eigenvalue weighted by Crippen LogP contribution is -1.92. The van der Waals surface area contributed by atoms with Crippen LogP contribution in [-0.4, -0.2) is 4.57 Å². The second kappa shape index (κ2) is 5.81. The average molecular weight is 430 g/mol. The number of fused-ring (bicyclic) bond motifs is 10. The van der Waals surface area contributed by atoms with Crippen molar-refractivity contribution < 1.29 is 8.83 Å². The van der Waals surface area contributed by atoms with Gasteiger partial charge in [0.2, 0.25) is 5.71 Å². The molecule has 0 aliphatic heterocycles. The van der Waals surface area contributed by atoms with E-state index in [1.54, 1.807) is 0 Å². The molecule has 8 aromatic rings. The van der Waals surface area contributed by atoms with Gasteiger partial charge in [-0.2, -0.15) is 0 Å². The Hall–Kier alpha value is -4.02. The van der Waals surface area contributed by atoms with E-state index in [1.807, 2.05) is 29.5 Å². The molecule has 0 radical (unpaired) electrons. The lowest BCUT2D eigenvalue weighted by atomic mass is 10.1. The number of benzene rings is 4. The van der Waals surface area contributed by atoms with Crippen molar-refractivity contribution in [1.82, 2.24) is 4.57 Å². The first kappa shape index (κ1) is 16.6. The molecule has 4 heteroatoms. The number of rotatable bonds is 1. The fourth-order valence-corrected chi connectivity index (χ4v) is 6.17. The van der Waals surface area contributed by atoms with Crippen LogP contribution in [0, 0.1) is 0 Å². The van der Waals surface area contributed by atoms with E-state index >= 15 is 0 Å². The summed E-state index contributed by atoms with van der Waals surface area (Å²) in [4.78, 5) is 0. The van der Waals surface area contributed by atoms with Gasteiger partial charge in [0, 0.05) is 36.6 Å². The first-order chi connectivity index (χ1) is 15.9. The van der Waals surface area contributed by atoms with Crippen molar-refractivity contribution in [1.29, 1.82) is 0 Å². The first-order valence-corrected chi connectivity index (χ1v) is 11.4. The molecule has 3 nitrogen and oxygen atoms in total. The lowest BCUT2D eigenvalue weighted by Gasteiger charge is -2.06. The maximum absolute atomic E-state index is 6.39. The van der Waals surface area contributed by atoms with Crippen molar-refractivity contribution in [3.05, 3.63) is 91.0 Å². The number of para-hydroxylation sites is 2. The fourth-order valence-electron chi connectivity index (χ4n) is 5.08. The zero-order valence-corrected chi connectivity index (χ0v) is 17.6. The van der Waals surface area contributed by atoms with Gasteiger partial charge in [-0.15, -0.1) is 11.3 Å². The number of hydrogen-bond donors (Lipinski definition) is 0. The molecule has 0 atom stereocenters. The largest absolute Gasteiger partial charge is 0.425 e. The lowest BCUT2D eigenvalue weighted by molar-refractivity contribution is 0.516. The number of furan rings is 2. The Bertz CT molecular complexity index is 2000. The van der Waals surface area contributed by atoms with Gasteiger partial charge < -0.3 is 8.83 Å². The summed E-state index contributed by atoms with van der Waals surface area (Å²) >= 11 is 1.83. The molecule has 0 bridgehead atoms. The Morgan fingerprint density at radius 2 is 1.34 bits per heavy atom. The Labute approximate surface area is 185 Å².